The van der Waals surface area contributed by atoms with Gasteiger partial charge in [0.2, 0.25) is 0 Å². The highest BCUT2D eigenvalue weighted by Crippen LogP contribution is 2.40. The molecule has 0 aliphatic rings. The largest absolute Gasteiger partial charge is 0.507 e. The van der Waals surface area contributed by atoms with Gasteiger partial charge in [0, 0.05) is 28.5 Å². The first-order valence-corrected chi connectivity index (χ1v) is 16.8. The van der Waals surface area contributed by atoms with Gasteiger partial charge in [0.15, 0.2) is 0 Å². The van der Waals surface area contributed by atoms with Gasteiger partial charge in [-0.15, -0.1) is 0 Å². The fourth-order valence-corrected chi connectivity index (χ4v) is 6.90. The van der Waals surface area contributed by atoms with Gasteiger partial charge in [-0.1, -0.05) is 113 Å². The highest BCUT2D eigenvalue weighted by molar-refractivity contribution is 5.86. The van der Waals surface area contributed by atoms with Crippen LogP contribution in [0.2, 0.25) is 0 Å². The molecule has 7 rings (SSSR count). The average Bonchev–Trinajstić information content (AvgIpc) is 3.48. The number of phenols is 1. The number of imidazole rings is 1. The highest BCUT2D eigenvalue weighted by atomic mass is 16.3. The summed E-state index contributed by atoms with van der Waals surface area (Å²) in [5.41, 5.74) is 15.2. The van der Waals surface area contributed by atoms with Crippen LogP contribution in [0.3, 0.4) is 0 Å². The molecule has 0 radical (unpaired) electrons. The fourth-order valence-electron chi connectivity index (χ4n) is 6.90. The van der Waals surface area contributed by atoms with Crippen molar-refractivity contribution in [1.29, 1.82) is 0 Å². The van der Waals surface area contributed by atoms with E-state index in [0.29, 0.717) is 5.92 Å². The summed E-state index contributed by atoms with van der Waals surface area (Å²) in [5.74, 6) is 0.805. The van der Waals surface area contributed by atoms with Gasteiger partial charge >= 0.3 is 0 Å². The Kier molecular flexibility index (Phi) is 8.18. The molecule has 48 heavy (non-hydrogen) atoms. The van der Waals surface area contributed by atoms with Crippen LogP contribution in [-0.2, 0) is 0 Å². The van der Waals surface area contributed by atoms with E-state index in [4.69, 9.17) is 9.97 Å². The van der Waals surface area contributed by atoms with Crippen molar-refractivity contribution in [2.75, 3.05) is 0 Å². The molecule has 4 nitrogen and oxygen atoms in total. The summed E-state index contributed by atoms with van der Waals surface area (Å²) < 4.78 is 2.23. The van der Waals surface area contributed by atoms with E-state index in [1.54, 1.807) is 0 Å². The minimum absolute atomic E-state index is 0.184. The van der Waals surface area contributed by atoms with Crippen LogP contribution in [0, 0.1) is 13.8 Å². The monoisotopic (exact) mass is 627 g/mol. The van der Waals surface area contributed by atoms with Crippen molar-refractivity contribution >= 4 is 5.65 Å². The SMILES string of the molecule is Cc1cccc(C)c1-c1cc(-c2cccc(-c3nc4c(C(C)C)cccn4c3-c3ccccc3)c2)nc(-c2cccc(C(C)C)c2O)c1. The molecule has 0 saturated heterocycles. The van der Waals surface area contributed by atoms with Crippen LogP contribution in [0.4, 0.5) is 0 Å². The van der Waals surface area contributed by atoms with E-state index in [9.17, 15) is 5.11 Å². The Balaban J connectivity index is 1.46. The fraction of sp³-hybridized carbons (Fsp3) is 0.182. The number of aromatic hydroxyl groups is 1. The zero-order valence-electron chi connectivity index (χ0n) is 28.5. The van der Waals surface area contributed by atoms with Crippen molar-refractivity contribution < 1.29 is 5.11 Å². The van der Waals surface area contributed by atoms with Crippen molar-refractivity contribution in [3.63, 3.8) is 0 Å². The summed E-state index contributed by atoms with van der Waals surface area (Å²) in [7, 11) is 0. The van der Waals surface area contributed by atoms with E-state index >= 15 is 0 Å². The molecule has 1 N–H and O–H groups in total. The molecule has 0 saturated carbocycles. The van der Waals surface area contributed by atoms with Gasteiger partial charge in [0.1, 0.15) is 11.4 Å². The third-order valence-electron chi connectivity index (χ3n) is 9.34. The van der Waals surface area contributed by atoms with E-state index in [0.717, 1.165) is 61.8 Å². The lowest BCUT2D eigenvalue weighted by molar-refractivity contribution is 0.466. The second kappa shape index (κ2) is 12.6. The number of rotatable bonds is 7. The molecule has 0 amide bonds. The molecule has 0 aliphatic heterocycles. The summed E-state index contributed by atoms with van der Waals surface area (Å²) in [4.78, 5) is 10.5. The molecular formula is C44H41N3O. The maximum absolute atomic E-state index is 11.5. The number of aromatic nitrogens is 3. The van der Waals surface area contributed by atoms with Crippen molar-refractivity contribution in [1.82, 2.24) is 14.4 Å². The molecule has 4 aromatic carbocycles. The minimum atomic E-state index is 0.184. The van der Waals surface area contributed by atoms with Crippen LogP contribution in [0.25, 0.3) is 61.8 Å². The molecule has 7 aromatic rings. The Morgan fingerprint density at radius 2 is 1.19 bits per heavy atom. The van der Waals surface area contributed by atoms with Crippen molar-refractivity contribution in [2.24, 2.45) is 0 Å². The van der Waals surface area contributed by atoms with Gasteiger partial charge in [-0.05, 0) is 89.4 Å². The molecular weight excluding hydrogens is 587 g/mol. The number of phenolic OH excluding ortho intramolecular Hbond substituents is 1. The second-order valence-electron chi connectivity index (χ2n) is 13.4. The molecule has 0 spiro atoms. The van der Waals surface area contributed by atoms with Gasteiger partial charge in [0.25, 0.3) is 0 Å². The third-order valence-corrected chi connectivity index (χ3v) is 9.34. The Morgan fingerprint density at radius 1 is 0.562 bits per heavy atom. The van der Waals surface area contributed by atoms with E-state index < -0.39 is 0 Å². The average molecular weight is 628 g/mol. The molecule has 0 unspecified atom stereocenters. The number of pyridine rings is 2. The third kappa shape index (κ3) is 5.58. The number of fused-ring (bicyclic) bond motifs is 1. The van der Waals surface area contributed by atoms with E-state index in [2.05, 4.69) is 143 Å². The minimum Gasteiger partial charge on any atom is -0.507 e. The smallest absolute Gasteiger partial charge is 0.141 e. The van der Waals surface area contributed by atoms with Gasteiger partial charge in [-0.25, -0.2) is 9.97 Å². The summed E-state index contributed by atoms with van der Waals surface area (Å²) in [6.45, 7) is 12.9. The van der Waals surface area contributed by atoms with E-state index in [1.807, 2.05) is 24.3 Å². The topological polar surface area (TPSA) is 50.4 Å². The number of aryl methyl sites for hydroxylation is 2. The Hall–Kier alpha value is -5.48. The van der Waals surface area contributed by atoms with Gasteiger partial charge in [-0.2, -0.15) is 0 Å². The first kappa shape index (κ1) is 31.1. The number of para-hydroxylation sites is 1. The van der Waals surface area contributed by atoms with Crippen LogP contribution in [0.15, 0.2) is 121 Å². The second-order valence-corrected chi connectivity index (χ2v) is 13.4. The van der Waals surface area contributed by atoms with Crippen molar-refractivity contribution in [3.05, 3.63) is 144 Å². The molecule has 0 aliphatic carbocycles. The molecule has 0 fully saturated rings. The lowest BCUT2D eigenvalue weighted by Gasteiger charge is -2.16. The van der Waals surface area contributed by atoms with Gasteiger partial charge in [-0.3, -0.25) is 4.40 Å². The quantitative estimate of drug-likeness (QED) is 0.191. The zero-order valence-corrected chi connectivity index (χ0v) is 28.5. The maximum Gasteiger partial charge on any atom is 0.141 e. The lowest BCUT2D eigenvalue weighted by atomic mass is 9.92. The first-order valence-electron chi connectivity index (χ1n) is 16.8. The van der Waals surface area contributed by atoms with Gasteiger partial charge in [0.05, 0.1) is 22.8 Å². The van der Waals surface area contributed by atoms with Crippen LogP contribution in [0.1, 0.15) is 61.8 Å². The lowest BCUT2D eigenvalue weighted by Crippen LogP contribution is -1.96. The van der Waals surface area contributed by atoms with Crippen LogP contribution in [-0.4, -0.2) is 19.5 Å². The molecule has 3 aromatic heterocycles. The molecule has 4 heteroatoms. The molecule has 238 valence electrons. The van der Waals surface area contributed by atoms with Gasteiger partial charge < -0.3 is 5.11 Å². The van der Waals surface area contributed by atoms with Crippen LogP contribution >= 0.6 is 0 Å². The van der Waals surface area contributed by atoms with Crippen LogP contribution < -0.4 is 0 Å². The zero-order chi connectivity index (χ0) is 33.5. The standard InChI is InChI=1S/C44H41N3O/c1-27(2)35-20-12-21-37(43(35)48)39-26-34(40-29(5)14-10-15-30(40)6)25-38(45-39)32-18-11-19-33(24-32)41-42(31-16-8-7-9-17-31)47-23-13-22-36(28(3)4)44(47)46-41/h7-28,48H,1-6H3. The number of hydrogen-bond donors (Lipinski definition) is 1. The number of nitrogens with zero attached hydrogens (tertiary/aromatic N) is 3. The Labute approximate surface area is 283 Å². The molecule has 3 heterocycles. The summed E-state index contributed by atoms with van der Waals surface area (Å²) in [5, 5.41) is 11.5. The predicted octanol–water partition coefficient (Wildman–Crippen LogP) is 11.6. The maximum atomic E-state index is 11.5. The summed E-state index contributed by atoms with van der Waals surface area (Å²) >= 11 is 0. The molecule has 0 bridgehead atoms. The van der Waals surface area contributed by atoms with Crippen LogP contribution in [0.5, 0.6) is 5.75 Å². The van der Waals surface area contributed by atoms with E-state index in [1.165, 1.54) is 22.3 Å². The predicted molar refractivity (Wildman–Crippen MR) is 199 cm³/mol. The molecule has 0 atom stereocenters. The number of benzene rings is 4. The Bertz CT molecular complexity index is 2260. The van der Waals surface area contributed by atoms with Crippen molar-refractivity contribution in [2.45, 2.75) is 53.4 Å². The van der Waals surface area contributed by atoms with Crippen molar-refractivity contribution in [3.8, 4) is 61.9 Å². The number of hydrogen-bond acceptors (Lipinski definition) is 3. The highest BCUT2D eigenvalue weighted by Gasteiger charge is 2.21. The normalized spacial score (nSPS) is 11.6. The Morgan fingerprint density at radius 3 is 1.92 bits per heavy atom. The summed E-state index contributed by atoms with van der Waals surface area (Å²) in [6, 6.07) is 40.0. The summed E-state index contributed by atoms with van der Waals surface area (Å²) in [6.07, 6.45) is 2.11. The van der Waals surface area contributed by atoms with E-state index in [-0.39, 0.29) is 11.7 Å². The first-order chi connectivity index (χ1) is 23.2.